The molecule has 1 aliphatic heterocycles. The van der Waals surface area contributed by atoms with Crippen LogP contribution in [-0.4, -0.2) is 28.5 Å². The van der Waals surface area contributed by atoms with Crippen LogP contribution >= 0.6 is 27.7 Å². The first-order valence-corrected chi connectivity index (χ1v) is 8.93. The van der Waals surface area contributed by atoms with E-state index in [9.17, 15) is 4.79 Å². The zero-order valence-corrected chi connectivity index (χ0v) is 14.2. The Morgan fingerprint density at radius 3 is 3.05 bits per heavy atom. The molecule has 1 saturated heterocycles. The number of rotatable bonds is 4. The standard InChI is InChI=1S/C16H15BrN2O2S/c17-12-2-1-3-13(9-12)19-16(20)11-4-6-18-15(8-11)21-14-5-7-22-10-14/h1-4,6,8-9,14H,5,7,10H2,(H,19,20). The molecule has 1 amide bonds. The van der Waals surface area contributed by atoms with Crippen LogP contribution in [0.1, 0.15) is 16.8 Å². The number of benzene rings is 1. The maximum Gasteiger partial charge on any atom is 0.255 e. The summed E-state index contributed by atoms with van der Waals surface area (Å²) in [5.41, 5.74) is 1.28. The van der Waals surface area contributed by atoms with E-state index in [0.29, 0.717) is 11.4 Å². The number of hydrogen-bond donors (Lipinski definition) is 1. The summed E-state index contributed by atoms with van der Waals surface area (Å²) in [5, 5.41) is 2.86. The van der Waals surface area contributed by atoms with E-state index in [2.05, 4.69) is 26.2 Å². The van der Waals surface area contributed by atoms with Gasteiger partial charge in [-0.15, -0.1) is 0 Å². The molecule has 1 aliphatic rings. The largest absolute Gasteiger partial charge is 0.473 e. The molecule has 114 valence electrons. The first kappa shape index (κ1) is 15.4. The van der Waals surface area contributed by atoms with Gasteiger partial charge in [-0.05, 0) is 36.4 Å². The van der Waals surface area contributed by atoms with Gasteiger partial charge in [0.2, 0.25) is 5.88 Å². The lowest BCUT2D eigenvalue weighted by Crippen LogP contribution is -2.17. The molecule has 3 rings (SSSR count). The smallest absolute Gasteiger partial charge is 0.255 e. The Balaban J connectivity index is 1.69. The van der Waals surface area contributed by atoms with E-state index in [4.69, 9.17) is 4.74 Å². The highest BCUT2D eigenvalue weighted by Crippen LogP contribution is 2.23. The monoisotopic (exact) mass is 378 g/mol. The molecule has 2 heterocycles. The molecule has 1 fully saturated rings. The highest BCUT2D eigenvalue weighted by molar-refractivity contribution is 9.10. The number of nitrogens with one attached hydrogen (secondary N) is 1. The third-order valence-corrected chi connectivity index (χ3v) is 4.88. The molecule has 1 atom stereocenters. The van der Waals surface area contributed by atoms with E-state index in [1.807, 2.05) is 36.0 Å². The first-order valence-electron chi connectivity index (χ1n) is 6.98. The van der Waals surface area contributed by atoms with Crippen LogP contribution in [0.15, 0.2) is 47.1 Å². The summed E-state index contributed by atoms with van der Waals surface area (Å²) in [4.78, 5) is 16.5. The van der Waals surface area contributed by atoms with E-state index in [1.54, 1.807) is 18.3 Å². The molecule has 0 spiro atoms. The Morgan fingerprint density at radius 2 is 2.27 bits per heavy atom. The van der Waals surface area contributed by atoms with Crippen molar-refractivity contribution in [3.8, 4) is 5.88 Å². The second-order valence-electron chi connectivity index (χ2n) is 4.95. The van der Waals surface area contributed by atoms with E-state index in [0.717, 1.165) is 28.1 Å². The quantitative estimate of drug-likeness (QED) is 0.873. The Morgan fingerprint density at radius 1 is 1.36 bits per heavy atom. The predicted molar refractivity (Wildman–Crippen MR) is 92.7 cm³/mol. The van der Waals surface area contributed by atoms with Gasteiger partial charge in [-0.25, -0.2) is 4.98 Å². The minimum absolute atomic E-state index is 0.175. The summed E-state index contributed by atoms with van der Waals surface area (Å²) >= 11 is 5.26. The summed E-state index contributed by atoms with van der Waals surface area (Å²) in [7, 11) is 0. The van der Waals surface area contributed by atoms with Crippen LogP contribution in [0.4, 0.5) is 5.69 Å². The van der Waals surface area contributed by atoms with Crippen LogP contribution in [0, 0.1) is 0 Å². The third-order valence-electron chi connectivity index (χ3n) is 3.25. The minimum atomic E-state index is -0.175. The van der Waals surface area contributed by atoms with Crippen molar-refractivity contribution in [2.45, 2.75) is 12.5 Å². The number of carbonyl (C=O) groups excluding carboxylic acids is 1. The highest BCUT2D eigenvalue weighted by atomic mass is 79.9. The van der Waals surface area contributed by atoms with E-state index in [-0.39, 0.29) is 12.0 Å². The van der Waals surface area contributed by atoms with E-state index in [1.165, 1.54) is 0 Å². The van der Waals surface area contributed by atoms with Crippen molar-refractivity contribution < 1.29 is 9.53 Å². The van der Waals surface area contributed by atoms with Gasteiger partial charge in [-0.2, -0.15) is 11.8 Å². The number of ether oxygens (including phenoxy) is 1. The number of hydrogen-bond acceptors (Lipinski definition) is 4. The number of carbonyl (C=O) groups is 1. The van der Waals surface area contributed by atoms with Crippen molar-refractivity contribution in [1.82, 2.24) is 4.98 Å². The average Bonchev–Trinajstić information content (AvgIpc) is 3.00. The molecule has 6 heteroatoms. The van der Waals surface area contributed by atoms with Crippen LogP contribution in [0.3, 0.4) is 0 Å². The second-order valence-corrected chi connectivity index (χ2v) is 7.02. The van der Waals surface area contributed by atoms with Crippen molar-refractivity contribution in [1.29, 1.82) is 0 Å². The second kappa shape index (κ2) is 7.15. The van der Waals surface area contributed by atoms with E-state index < -0.39 is 0 Å². The number of amides is 1. The van der Waals surface area contributed by atoms with Crippen LogP contribution in [0.2, 0.25) is 0 Å². The highest BCUT2D eigenvalue weighted by Gasteiger charge is 2.18. The summed E-state index contributed by atoms with van der Waals surface area (Å²) in [6.07, 6.45) is 2.83. The topological polar surface area (TPSA) is 51.2 Å². The molecule has 0 aliphatic carbocycles. The molecule has 22 heavy (non-hydrogen) atoms. The van der Waals surface area contributed by atoms with Gasteiger partial charge in [0.05, 0.1) is 0 Å². The number of anilines is 1. The van der Waals surface area contributed by atoms with Crippen molar-refractivity contribution >= 4 is 39.3 Å². The van der Waals surface area contributed by atoms with Gasteiger partial charge in [0.15, 0.2) is 0 Å². The van der Waals surface area contributed by atoms with Gasteiger partial charge in [0, 0.05) is 33.7 Å². The molecule has 0 bridgehead atoms. The molecular formula is C16H15BrN2O2S. The summed E-state index contributed by atoms with van der Waals surface area (Å²) in [5.74, 6) is 2.43. The van der Waals surface area contributed by atoms with Gasteiger partial charge in [0.25, 0.3) is 5.91 Å². The van der Waals surface area contributed by atoms with Gasteiger partial charge >= 0.3 is 0 Å². The zero-order valence-electron chi connectivity index (χ0n) is 11.8. The molecule has 1 aromatic heterocycles. The summed E-state index contributed by atoms with van der Waals surface area (Å²) in [6.45, 7) is 0. The lowest BCUT2D eigenvalue weighted by Gasteiger charge is -2.12. The molecule has 0 saturated carbocycles. The zero-order chi connectivity index (χ0) is 15.4. The Hall–Kier alpha value is -1.53. The molecule has 1 aromatic carbocycles. The third kappa shape index (κ3) is 4.01. The Bertz CT molecular complexity index is 675. The van der Waals surface area contributed by atoms with Crippen molar-refractivity contribution in [3.05, 3.63) is 52.6 Å². The maximum absolute atomic E-state index is 12.3. The fraction of sp³-hybridized carbons (Fsp3) is 0.250. The Kier molecular flexibility index (Phi) is 5.00. The maximum atomic E-state index is 12.3. The van der Waals surface area contributed by atoms with Crippen LogP contribution in [0.25, 0.3) is 0 Å². The molecule has 1 N–H and O–H groups in total. The summed E-state index contributed by atoms with van der Waals surface area (Å²) < 4.78 is 6.74. The van der Waals surface area contributed by atoms with Crippen LogP contribution < -0.4 is 10.1 Å². The van der Waals surface area contributed by atoms with Crippen molar-refractivity contribution in [2.24, 2.45) is 0 Å². The fourth-order valence-corrected chi connectivity index (χ4v) is 3.65. The molecule has 2 aromatic rings. The van der Waals surface area contributed by atoms with Gasteiger partial charge in [-0.3, -0.25) is 4.79 Å². The van der Waals surface area contributed by atoms with Crippen LogP contribution in [-0.2, 0) is 0 Å². The Labute approximate surface area is 141 Å². The van der Waals surface area contributed by atoms with Gasteiger partial charge in [-0.1, -0.05) is 22.0 Å². The first-order chi connectivity index (χ1) is 10.7. The summed E-state index contributed by atoms with van der Waals surface area (Å²) in [6, 6.07) is 10.9. The van der Waals surface area contributed by atoms with Gasteiger partial charge < -0.3 is 10.1 Å². The number of pyridine rings is 1. The lowest BCUT2D eigenvalue weighted by molar-refractivity contribution is 0.102. The van der Waals surface area contributed by atoms with E-state index >= 15 is 0 Å². The number of nitrogens with zero attached hydrogens (tertiary/aromatic N) is 1. The number of thioether (sulfide) groups is 1. The predicted octanol–water partition coefficient (Wildman–Crippen LogP) is 3.98. The number of halogens is 1. The molecular weight excluding hydrogens is 364 g/mol. The van der Waals surface area contributed by atoms with Crippen molar-refractivity contribution in [2.75, 3.05) is 16.8 Å². The molecule has 0 radical (unpaired) electrons. The lowest BCUT2D eigenvalue weighted by atomic mass is 10.2. The number of aromatic nitrogens is 1. The molecule has 1 unspecified atom stereocenters. The fourth-order valence-electron chi connectivity index (χ4n) is 2.16. The average molecular weight is 379 g/mol. The van der Waals surface area contributed by atoms with Gasteiger partial charge in [0.1, 0.15) is 6.10 Å². The minimum Gasteiger partial charge on any atom is -0.473 e. The molecule has 4 nitrogen and oxygen atoms in total. The normalized spacial score (nSPS) is 17.2. The van der Waals surface area contributed by atoms with Crippen LogP contribution in [0.5, 0.6) is 5.88 Å². The SMILES string of the molecule is O=C(Nc1cccc(Br)c1)c1ccnc(OC2CCSC2)c1. The van der Waals surface area contributed by atoms with Crippen molar-refractivity contribution in [3.63, 3.8) is 0 Å².